The zero-order valence-corrected chi connectivity index (χ0v) is 12.9. The Morgan fingerprint density at radius 3 is 2.54 bits per heavy atom. The molecule has 2 aromatic carbocycles. The summed E-state index contributed by atoms with van der Waals surface area (Å²) in [6.45, 7) is -0.333. The molecule has 0 aromatic heterocycles. The molecule has 0 spiro atoms. The number of para-hydroxylation sites is 1. The van der Waals surface area contributed by atoms with Crippen molar-refractivity contribution in [1.29, 1.82) is 0 Å². The fraction of sp³-hybridized carbons (Fsp3) is 0.118. The van der Waals surface area contributed by atoms with Gasteiger partial charge in [0.25, 0.3) is 5.91 Å². The van der Waals surface area contributed by atoms with Crippen molar-refractivity contribution in [1.82, 2.24) is 0 Å². The van der Waals surface area contributed by atoms with Gasteiger partial charge in [-0.25, -0.2) is 4.79 Å². The van der Waals surface area contributed by atoms with E-state index in [0.29, 0.717) is 0 Å². The first-order valence-corrected chi connectivity index (χ1v) is 7.01. The second-order valence-electron chi connectivity index (χ2n) is 4.68. The number of carbonyl (C=O) groups is 2. The van der Waals surface area contributed by atoms with Gasteiger partial charge >= 0.3 is 5.97 Å². The van der Waals surface area contributed by atoms with Crippen LogP contribution in [0.2, 0.25) is 0 Å². The van der Waals surface area contributed by atoms with Crippen molar-refractivity contribution in [3.8, 4) is 5.75 Å². The van der Waals surface area contributed by atoms with Crippen molar-refractivity contribution in [3.63, 3.8) is 0 Å². The molecule has 7 nitrogen and oxygen atoms in total. The maximum absolute atomic E-state index is 11.8. The molecule has 0 saturated heterocycles. The van der Waals surface area contributed by atoms with Gasteiger partial charge in [-0.2, -0.15) is 0 Å². The smallest absolute Gasteiger partial charge is 0.337 e. The van der Waals surface area contributed by atoms with E-state index in [2.05, 4.69) is 10.5 Å². The number of benzene rings is 2. The van der Waals surface area contributed by atoms with Crippen LogP contribution in [0.25, 0.3) is 0 Å². The molecule has 0 heterocycles. The predicted octanol–water partition coefficient (Wildman–Crippen LogP) is 2.38. The lowest BCUT2D eigenvalue weighted by Crippen LogP contribution is -2.18. The zero-order chi connectivity index (χ0) is 17.4. The van der Waals surface area contributed by atoms with E-state index in [4.69, 9.17) is 14.7 Å². The van der Waals surface area contributed by atoms with Gasteiger partial charge in [0.2, 0.25) is 0 Å². The lowest BCUT2D eigenvalue weighted by atomic mass is 10.2. The molecule has 124 valence electrons. The molecule has 0 fully saturated rings. The van der Waals surface area contributed by atoms with E-state index in [9.17, 15) is 9.59 Å². The van der Waals surface area contributed by atoms with Crippen molar-refractivity contribution in [3.05, 3.63) is 59.7 Å². The number of hydrogen-bond donors (Lipinski definition) is 2. The van der Waals surface area contributed by atoms with E-state index in [-0.39, 0.29) is 17.9 Å². The number of carboxylic acid groups (broad SMARTS) is 1. The number of amides is 1. The van der Waals surface area contributed by atoms with Crippen molar-refractivity contribution in [2.24, 2.45) is 5.16 Å². The Morgan fingerprint density at radius 2 is 1.88 bits per heavy atom. The number of anilines is 1. The minimum atomic E-state index is -1.12. The van der Waals surface area contributed by atoms with E-state index in [0.717, 1.165) is 11.3 Å². The maximum Gasteiger partial charge on any atom is 0.337 e. The highest BCUT2D eigenvalue weighted by Gasteiger charge is 2.11. The molecule has 0 bridgehead atoms. The van der Waals surface area contributed by atoms with Gasteiger partial charge in [-0.15, -0.1) is 0 Å². The number of oxime groups is 1. The first kappa shape index (κ1) is 17.0. The summed E-state index contributed by atoms with van der Waals surface area (Å²) in [5.41, 5.74) is 0.998. The SMILES string of the molecule is COc1ccc(/C=N\OCC(=O)Nc2ccccc2C(=O)O)cc1. The van der Waals surface area contributed by atoms with Crippen LogP contribution in [0.5, 0.6) is 5.75 Å². The minimum Gasteiger partial charge on any atom is -0.497 e. The van der Waals surface area contributed by atoms with Gasteiger partial charge in [-0.3, -0.25) is 4.79 Å². The van der Waals surface area contributed by atoms with Gasteiger partial charge in [-0.1, -0.05) is 17.3 Å². The average Bonchev–Trinajstić information content (AvgIpc) is 2.59. The van der Waals surface area contributed by atoms with Gasteiger partial charge in [0.15, 0.2) is 6.61 Å². The number of rotatable bonds is 7. The number of nitrogens with one attached hydrogen (secondary N) is 1. The van der Waals surface area contributed by atoms with Crippen LogP contribution in [-0.4, -0.2) is 36.9 Å². The van der Waals surface area contributed by atoms with Crippen LogP contribution in [0.4, 0.5) is 5.69 Å². The quantitative estimate of drug-likeness (QED) is 0.601. The summed E-state index contributed by atoms with van der Waals surface area (Å²) < 4.78 is 5.04. The number of carboxylic acids is 1. The molecule has 7 heteroatoms. The van der Waals surface area contributed by atoms with Crippen molar-refractivity contribution in [2.75, 3.05) is 19.0 Å². The molecule has 0 unspecified atom stereocenters. The maximum atomic E-state index is 11.8. The van der Waals surface area contributed by atoms with Gasteiger partial charge in [0.1, 0.15) is 5.75 Å². The second kappa shape index (κ2) is 8.33. The lowest BCUT2D eigenvalue weighted by molar-refractivity contribution is -0.120. The zero-order valence-electron chi connectivity index (χ0n) is 12.9. The van der Waals surface area contributed by atoms with Crippen molar-refractivity contribution in [2.45, 2.75) is 0 Å². The minimum absolute atomic E-state index is 0.00702. The third-order valence-electron chi connectivity index (χ3n) is 3.02. The van der Waals surface area contributed by atoms with E-state index in [1.54, 1.807) is 43.5 Å². The largest absolute Gasteiger partial charge is 0.497 e. The molecule has 24 heavy (non-hydrogen) atoms. The summed E-state index contributed by atoms with van der Waals surface area (Å²) in [4.78, 5) is 27.7. The van der Waals surface area contributed by atoms with E-state index >= 15 is 0 Å². The van der Waals surface area contributed by atoms with E-state index in [1.165, 1.54) is 18.3 Å². The topological polar surface area (TPSA) is 97.2 Å². The highest BCUT2D eigenvalue weighted by molar-refractivity contribution is 6.00. The van der Waals surface area contributed by atoms with Crippen LogP contribution in [0.3, 0.4) is 0 Å². The second-order valence-corrected chi connectivity index (χ2v) is 4.68. The van der Waals surface area contributed by atoms with Crippen LogP contribution < -0.4 is 10.1 Å². The summed E-state index contributed by atoms with van der Waals surface area (Å²) >= 11 is 0. The van der Waals surface area contributed by atoms with Crippen LogP contribution in [0.15, 0.2) is 53.7 Å². The Morgan fingerprint density at radius 1 is 1.17 bits per heavy atom. The fourth-order valence-electron chi connectivity index (χ4n) is 1.85. The number of carbonyl (C=O) groups excluding carboxylic acids is 1. The van der Waals surface area contributed by atoms with Gasteiger partial charge in [-0.05, 0) is 42.0 Å². The third-order valence-corrected chi connectivity index (χ3v) is 3.02. The summed E-state index contributed by atoms with van der Waals surface area (Å²) in [6, 6.07) is 13.2. The van der Waals surface area contributed by atoms with Gasteiger partial charge < -0.3 is 20.0 Å². The number of aromatic carboxylic acids is 1. The molecule has 0 aliphatic heterocycles. The molecule has 0 aliphatic carbocycles. The standard InChI is InChI=1S/C17H16N2O5/c1-23-13-8-6-12(7-9-13)10-18-24-11-16(20)19-15-5-3-2-4-14(15)17(21)22/h2-10H,11H2,1H3,(H,19,20)(H,21,22)/b18-10-. The number of hydrogen-bond acceptors (Lipinski definition) is 5. The fourth-order valence-corrected chi connectivity index (χ4v) is 1.85. The van der Waals surface area contributed by atoms with Gasteiger partial charge in [0, 0.05) is 0 Å². The average molecular weight is 328 g/mol. The first-order chi connectivity index (χ1) is 11.6. The van der Waals surface area contributed by atoms with Crippen LogP contribution in [0.1, 0.15) is 15.9 Å². The molecule has 2 aromatic rings. The van der Waals surface area contributed by atoms with Crippen LogP contribution >= 0.6 is 0 Å². The molecule has 2 N–H and O–H groups in total. The highest BCUT2D eigenvalue weighted by atomic mass is 16.6. The Kier molecular flexibility index (Phi) is 5.90. The predicted molar refractivity (Wildman–Crippen MR) is 88.6 cm³/mol. The normalized spacial score (nSPS) is 10.4. The Bertz CT molecular complexity index is 741. The number of ether oxygens (including phenoxy) is 1. The summed E-state index contributed by atoms with van der Waals surface area (Å²) in [5, 5.41) is 15.2. The monoisotopic (exact) mass is 328 g/mol. The Hall–Kier alpha value is -3.35. The summed E-state index contributed by atoms with van der Waals surface area (Å²) in [5.74, 6) is -0.899. The first-order valence-electron chi connectivity index (χ1n) is 7.01. The molecule has 0 atom stereocenters. The molecule has 2 rings (SSSR count). The molecule has 0 aliphatic rings. The van der Waals surface area contributed by atoms with E-state index in [1.807, 2.05) is 0 Å². The van der Waals surface area contributed by atoms with Crippen LogP contribution in [-0.2, 0) is 9.63 Å². The van der Waals surface area contributed by atoms with Crippen molar-refractivity contribution >= 4 is 23.8 Å². The van der Waals surface area contributed by atoms with E-state index < -0.39 is 11.9 Å². The number of methoxy groups -OCH3 is 1. The molecular formula is C17H16N2O5. The Balaban J connectivity index is 1.85. The molecular weight excluding hydrogens is 312 g/mol. The summed E-state index contributed by atoms with van der Waals surface area (Å²) in [6.07, 6.45) is 1.46. The van der Waals surface area contributed by atoms with Gasteiger partial charge in [0.05, 0.1) is 24.6 Å². The third kappa shape index (κ3) is 4.84. The number of nitrogens with zero attached hydrogens (tertiary/aromatic N) is 1. The molecule has 0 radical (unpaired) electrons. The Labute approximate surface area is 138 Å². The van der Waals surface area contributed by atoms with Crippen molar-refractivity contribution < 1.29 is 24.3 Å². The highest BCUT2D eigenvalue weighted by Crippen LogP contribution is 2.14. The molecule has 0 saturated carbocycles. The summed E-state index contributed by atoms with van der Waals surface area (Å²) in [7, 11) is 1.58. The van der Waals surface area contributed by atoms with Crippen LogP contribution in [0, 0.1) is 0 Å². The lowest BCUT2D eigenvalue weighted by Gasteiger charge is -2.07. The molecule has 1 amide bonds.